The number of benzene rings is 2. The average Bonchev–Trinajstić information content (AvgIpc) is 2.69. The summed E-state index contributed by atoms with van der Waals surface area (Å²) in [7, 11) is 1.62. The Labute approximate surface area is 136 Å². The van der Waals surface area contributed by atoms with Crippen molar-refractivity contribution >= 4 is 12.4 Å². The topological polar surface area (TPSA) is 41.5 Å². The van der Waals surface area contributed by atoms with E-state index in [1.54, 1.807) is 7.11 Å². The van der Waals surface area contributed by atoms with Crippen LogP contribution in [0.4, 0.5) is 0 Å². The summed E-state index contributed by atoms with van der Waals surface area (Å²) in [6.45, 7) is 1.65. The molecular weight excluding hydrogens is 298 g/mol. The first kappa shape index (κ1) is 15.2. The molecule has 1 aliphatic heterocycles. The Bertz CT molecular complexity index is 714. The van der Waals surface area contributed by atoms with Crippen molar-refractivity contribution in [3.05, 3.63) is 58.1 Å². The highest BCUT2D eigenvalue weighted by molar-refractivity contribution is 5.85. The number of halogens is 1. The zero-order valence-corrected chi connectivity index (χ0v) is 13.4. The lowest BCUT2D eigenvalue weighted by Crippen LogP contribution is -2.29. The summed E-state index contributed by atoms with van der Waals surface area (Å²) in [6, 6.07) is 10.7. The summed E-state index contributed by atoms with van der Waals surface area (Å²) in [5.74, 6) is 1.23. The molecule has 0 aromatic heterocycles. The Hall–Kier alpha value is -1.71. The van der Waals surface area contributed by atoms with E-state index in [0.29, 0.717) is 24.0 Å². The molecule has 2 aromatic carbocycles. The molecule has 0 amide bonds. The van der Waals surface area contributed by atoms with Gasteiger partial charge in [0.2, 0.25) is 0 Å². The highest BCUT2D eigenvalue weighted by atomic mass is 35.5. The fourth-order valence-corrected chi connectivity index (χ4v) is 3.83. The minimum absolute atomic E-state index is 0. The highest BCUT2D eigenvalue weighted by Gasteiger charge is 2.31. The minimum atomic E-state index is 0. The molecule has 0 bridgehead atoms. The molecule has 1 heterocycles. The van der Waals surface area contributed by atoms with Gasteiger partial charge < -0.3 is 15.2 Å². The summed E-state index contributed by atoms with van der Waals surface area (Å²) < 4.78 is 5.35. The molecule has 1 atom stereocenters. The predicted octanol–water partition coefficient (Wildman–Crippen LogP) is 3.16. The number of hydrogen-bond acceptors (Lipinski definition) is 3. The van der Waals surface area contributed by atoms with E-state index in [0.717, 1.165) is 24.9 Å². The van der Waals surface area contributed by atoms with Gasteiger partial charge >= 0.3 is 0 Å². The van der Waals surface area contributed by atoms with Crippen molar-refractivity contribution in [2.75, 3.05) is 13.7 Å². The van der Waals surface area contributed by atoms with Crippen LogP contribution in [0.25, 0.3) is 0 Å². The Morgan fingerprint density at radius 2 is 1.95 bits per heavy atom. The average molecular weight is 318 g/mol. The van der Waals surface area contributed by atoms with E-state index in [9.17, 15) is 5.11 Å². The third-order valence-electron chi connectivity index (χ3n) is 4.81. The van der Waals surface area contributed by atoms with Gasteiger partial charge in [-0.15, -0.1) is 12.4 Å². The maximum Gasteiger partial charge on any atom is 0.162 e. The summed E-state index contributed by atoms with van der Waals surface area (Å²) in [6.07, 6.45) is 2.06. The molecule has 0 fully saturated rings. The van der Waals surface area contributed by atoms with Gasteiger partial charge in [0, 0.05) is 24.6 Å². The largest absolute Gasteiger partial charge is 0.504 e. The quantitative estimate of drug-likeness (QED) is 0.849. The highest BCUT2D eigenvalue weighted by Crippen LogP contribution is 2.44. The molecule has 0 saturated carbocycles. The molecule has 1 unspecified atom stereocenters. The van der Waals surface area contributed by atoms with Gasteiger partial charge in [0.1, 0.15) is 0 Å². The Morgan fingerprint density at radius 3 is 2.77 bits per heavy atom. The first-order valence-electron chi connectivity index (χ1n) is 7.49. The normalized spacial score (nSPS) is 18.5. The van der Waals surface area contributed by atoms with Gasteiger partial charge in [0.05, 0.1) is 7.11 Å². The third kappa shape index (κ3) is 2.16. The van der Waals surface area contributed by atoms with Crippen LogP contribution in [0.15, 0.2) is 30.3 Å². The van der Waals surface area contributed by atoms with Crippen LogP contribution in [0.2, 0.25) is 0 Å². The molecule has 0 spiro atoms. The first-order valence-corrected chi connectivity index (χ1v) is 7.49. The molecule has 2 aliphatic rings. The standard InChI is InChI=1S/C18H19NO2.ClH/c1-21-16-8-12-7-6-11-4-2-3-5-13(11)14-9-19-10-15(17(12)14)18(16)20;/h2-5,8,14,19-20H,6-7,9-10H2,1H3;1H. The first-order chi connectivity index (χ1) is 10.3. The third-order valence-corrected chi connectivity index (χ3v) is 4.81. The molecule has 116 valence electrons. The number of phenols is 1. The monoisotopic (exact) mass is 317 g/mol. The fraction of sp³-hybridized carbons (Fsp3) is 0.333. The van der Waals surface area contributed by atoms with Gasteiger partial charge in [0.25, 0.3) is 0 Å². The van der Waals surface area contributed by atoms with Gasteiger partial charge in [-0.05, 0) is 41.2 Å². The van der Waals surface area contributed by atoms with Crippen LogP contribution >= 0.6 is 12.4 Å². The van der Waals surface area contributed by atoms with Crippen LogP contribution in [0, 0.1) is 0 Å². The second-order valence-corrected chi connectivity index (χ2v) is 5.86. The molecular formula is C18H20ClNO2. The maximum atomic E-state index is 10.5. The van der Waals surface area contributed by atoms with E-state index >= 15 is 0 Å². The Balaban J connectivity index is 0.00000144. The molecule has 4 rings (SSSR count). The van der Waals surface area contributed by atoms with E-state index in [4.69, 9.17) is 4.74 Å². The Kier molecular flexibility index (Phi) is 4.02. The van der Waals surface area contributed by atoms with Gasteiger partial charge in [-0.2, -0.15) is 0 Å². The van der Waals surface area contributed by atoms with Crippen molar-refractivity contribution in [3.8, 4) is 11.5 Å². The fourth-order valence-electron chi connectivity index (χ4n) is 3.83. The van der Waals surface area contributed by atoms with E-state index in [1.807, 2.05) is 6.07 Å². The zero-order chi connectivity index (χ0) is 14.4. The lowest BCUT2D eigenvalue weighted by Gasteiger charge is -2.29. The van der Waals surface area contributed by atoms with E-state index < -0.39 is 0 Å². The van der Waals surface area contributed by atoms with Crippen LogP contribution in [-0.2, 0) is 19.4 Å². The number of rotatable bonds is 1. The van der Waals surface area contributed by atoms with Crippen LogP contribution in [0.3, 0.4) is 0 Å². The van der Waals surface area contributed by atoms with Crippen molar-refractivity contribution in [1.82, 2.24) is 5.32 Å². The molecule has 22 heavy (non-hydrogen) atoms. The van der Waals surface area contributed by atoms with Crippen molar-refractivity contribution in [1.29, 1.82) is 0 Å². The van der Waals surface area contributed by atoms with Crippen LogP contribution < -0.4 is 10.1 Å². The number of ether oxygens (including phenoxy) is 1. The lowest BCUT2D eigenvalue weighted by atomic mass is 9.82. The minimum Gasteiger partial charge on any atom is -0.504 e. The molecule has 1 aliphatic carbocycles. The maximum absolute atomic E-state index is 10.5. The number of phenolic OH excluding ortho intramolecular Hbond substituents is 1. The molecule has 0 saturated heterocycles. The zero-order valence-electron chi connectivity index (χ0n) is 12.6. The number of methoxy groups -OCH3 is 1. The van der Waals surface area contributed by atoms with Crippen molar-refractivity contribution in [3.63, 3.8) is 0 Å². The summed E-state index contributed by atoms with van der Waals surface area (Å²) in [5, 5.41) is 13.9. The number of hydrogen-bond donors (Lipinski definition) is 2. The van der Waals surface area contributed by atoms with Crippen LogP contribution in [0.5, 0.6) is 11.5 Å². The second kappa shape index (κ2) is 5.82. The predicted molar refractivity (Wildman–Crippen MR) is 89.3 cm³/mol. The van der Waals surface area contributed by atoms with Gasteiger partial charge in [0.15, 0.2) is 11.5 Å². The second-order valence-electron chi connectivity index (χ2n) is 5.86. The number of nitrogens with one attached hydrogen (secondary N) is 1. The smallest absolute Gasteiger partial charge is 0.162 e. The Morgan fingerprint density at radius 1 is 1.18 bits per heavy atom. The molecule has 2 aromatic rings. The summed E-state index contributed by atoms with van der Waals surface area (Å²) in [5.41, 5.74) is 6.47. The molecule has 0 radical (unpaired) electrons. The van der Waals surface area contributed by atoms with E-state index in [2.05, 4.69) is 29.6 Å². The van der Waals surface area contributed by atoms with Gasteiger partial charge in [-0.3, -0.25) is 0 Å². The van der Waals surface area contributed by atoms with Crippen molar-refractivity contribution in [2.24, 2.45) is 0 Å². The summed E-state index contributed by atoms with van der Waals surface area (Å²) >= 11 is 0. The SMILES string of the molecule is COc1cc2c3c(c1O)CNCC3c1ccccc1CC2.Cl. The van der Waals surface area contributed by atoms with Crippen LogP contribution in [-0.4, -0.2) is 18.8 Å². The van der Waals surface area contributed by atoms with E-state index in [1.165, 1.54) is 22.3 Å². The summed E-state index contributed by atoms with van der Waals surface area (Å²) in [4.78, 5) is 0. The van der Waals surface area contributed by atoms with E-state index in [-0.39, 0.29) is 12.4 Å². The van der Waals surface area contributed by atoms with Gasteiger partial charge in [-0.25, -0.2) is 0 Å². The van der Waals surface area contributed by atoms with Crippen LogP contribution in [0.1, 0.15) is 33.7 Å². The van der Waals surface area contributed by atoms with Gasteiger partial charge in [-0.1, -0.05) is 24.3 Å². The van der Waals surface area contributed by atoms with Crippen molar-refractivity contribution in [2.45, 2.75) is 25.3 Å². The lowest BCUT2D eigenvalue weighted by molar-refractivity contribution is 0.366. The molecule has 3 nitrogen and oxygen atoms in total. The molecule has 4 heteroatoms. The number of aromatic hydroxyl groups is 1. The number of aryl methyl sites for hydroxylation is 2. The number of fused-ring (bicyclic) bond motifs is 2. The molecule has 2 N–H and O–H groups in total. The van der Waals surface area contributed by atoms with Crippen molar-refractivity contribution < 1.29 is 9.84 Å².